The second-order valence-corrected chi connectivity index (χ2v) is 5.45. The van der Waals surface area contributed by atoms with E-state index < -0.39 is 0 Å². The summed E-state index contributed by atoms with van der Waals surface area (Å²) in [5.74, 6) is -0.00707. The fraction of sp³-hybridized carbons (Fsp3) is 0.0667. The number of hydrogen-bond donors (Lipinski definition) is 0. The van der Waals surface area contributed by atoms with E-state index in [4.69, 9.17) is 0 Å². The molecule has 0 amide bonds. The van der Waals surface area contributed by atoms with Crippen LogP contribution in [-0.2, 0) is 0 Å². The summed E-state index contributed by atoms with van der Waals surface area (Å²) in [6.07, 6.45) is 7.70. The molecule has 2 aromatic rings. The highest BCUT2D eigenvalue weighted by Crippen LogP contribution is 2.42. The van der Waals surface area contributed by atoms with Gasteiger partial charge in [0.15, 0.2) is 5.78 Å². The summed E-state index contributed by atoms with van der Waals surface area (Å²) in [5, 5.41) is 1.08. The monoisotopic (exact) mass is 251 g/mol. The summed E-state index contributed by atoms with van der Waals surface area (Å²) in [7, 11) is 0. The van der Waals surface area contributed by atoms with Crippen LogP contribution >= 0.6 is 11.3 Å². The average molecular weight is 251 g/mol. The zero-order valence-corrected chi connectivity index (χ0v) is 10.3. The van der Waals surface area contributed by atoms with E-state index in [2.05, 4.69) is 4.99 Å². The van der Waals surface area contributed by atoms with E-state index in [9.17, 15) is 4.79 Å². The smallest absolute Gasteiger partial charge is 0.187 e. The van der Waals surface area contributed by atoms with E-state index in [1.54, 1.807) is 11.3 Å². The molecule has 0 spiro atoms. The first-order chi connectivity index (χ1) is 8.84. The lowest BCUT2D eigenvalue weighted by Crippen LogP contribution is -2.24. The minimum Gasteiger partial charge on any atom is -0.292 e. The quantitative estimate of drug-likeness (QED) is 0.698. The van der Waals surface area contributed by atoms with Crippen molar-refractivity contribution in [3.05, 3.63) is 53.4 Å². The lowest BCUT2D eigenvalue weighted by molar-refractivity contribution is 0.0975. The molecule has 1 aromatic heterocycles. The van der Waals surface area contributed by atoms with Crippen LogP contribution < -0.4 is 0 Å². The largest absolute Gasteiger partial charge is 0.292 e. The number of fused-ring (bicyclic) bond motifs is 4. The van der Waals surface area contributed by atoms with E-state index in [1.165, 1.54) is 0 Å². The molecule has 1 aromatic carbocycles. The number of Topliss-reactive ketones (excluding diaryl/α,β-unsaturated/α-hetero) is 1. The Morgan fingerprint density at radius 3 is 3.00 bits per heavy atom. The number of rotatable bonds is 0. The third kappa shape index (κ3) is 1.22. The molecule has 1 aliphatic heterocycles. The summed E-state index contributed by atoms with van der Waals surface area (Å²) in [4.78, 5) is 17.9. The zero-order chi connectivity index (χ0) is 12.1. The normalized spacial score (nSPS) is 20.8. The van der Waals surface area contributed by atoms with Crippen LogP contribution in [-0.4, -0.2) is 11.5 Å². The second kappa shape index (κ2) is 3.50. The van der Waals surface area contributed by atoms with Gasteiger partial charge in [0.1, 0.15) is 0 Å². The van der Waals surface area contributed by atoms with E-state index in [0.717, 1.165) is 26.4 Å². The van der Waals surface area contributed by atoms with Gasteiger partial charge in [0.25, 0.3) is 0 Å². The lowest BCUT2D eigenvalue weighted by Gasteiger charge is -2.18. The predicted octanol–water partition coefficient (Wildman–Crippen LogP) is 3.91. The van der Waals surface area contributed by atoms with Crippen molar-refractivity contribution in [3.63, 3.8) is 0 Å². The van der Waals surface area contributed by atoms with Gasteiger partial charge in [0.05, 0.1) is 22.2 Å². The third-order valence-electron chi connectivity index (χ3n) is 3.32. The number of aliphatic imine (C=N–C) groups is 1. The molecule has 0 N–H and O–H groups in total. The van der Waals surface area contributed by atoms with Gasteiger partial charge in [-0.2, -0.15) is 0 Å². The van der Waals surface area contributed by atoms with Crippen molar-refractivity contribution in [3.8, 4) is 0 Å². The van der Waals surface area contributed by atoms with Crippen molar-refractivity contribution in [1.82, 2.24) is 0 Å². The van der Waals surface area contributed by atoms with Gasteiger partial charge in [-0.3, -0.25) is 9.79 Å². The molecule has 3 heteroatoms. The van der Waals surface area contributed by atoms with Crippen LogP contribution in [0.25, 0.3) is 10.1 Å². The van der Waals surface area contributed by atoms with Crippen molar-refractivity contribution in [1.29, 1.82) is 0 Å². The first-order valence-corrected chi connectivity index (χ1v) is 6.65. The van der Waals surface area contributed by atoms with Crippen molar-refractivity contribution >= 4 is 38.6 Å². The highest BCUT2D eigenvalue weighted by Gasteiger charge is 2.31. The van der Waals surface area contributed by atoms with Crippen LogP contribution in [0, 0.1) is 5.92 Å². The Hall–Kier alpha value is -2.00. The molecule has 4 rings (SSSR count). The molecule has 1 atom stereocenters. The topological polar surface area (TPSA) is 29.4 Å². The molecule has 86 valence electrons. The van der Waals surface area contributed by atoms with Crippen LogP contribution in [0.2, 0.25) is 0 Å². The van der Waals surface area contributed by atoms with Crippen LogP contribution in [0.1, 0.15) is 9.67 Å². The first-order valence-electron chi connectivity index (χ1n) is 5.84. The van der Waals surface area contributed by atoms with Gasteiger partial charge in [-0.1, -0.05) is 36.4 Å². The van der Waals surface area contributed by atoms with E-state index >= 15 is 0 Å². The standard InChI is InChI=1S/C15H9NOS/c17-14-9-5-1-3-7-11(9)16-13-10-6-2-4-8-12(10)18-15(13)14/h1-9H. The van der Waals surface area contributed by atoms with Crippen LogP contribution in [0.4, 0.5) is 5.69 Å². The SMILES string of the molecule is O=C1c2sc3ccccc3c2N=C2C=CC=CC12. The Balaban J connectivity index is 2.06. The maximum atomic E-state index is 12.5. The minimum atomic E-state index is -0.185. The summed E-state index contributed by atoms with van der Waals surface area (Å²) < 4.78 is 1.13. The van der Waals surface area contributed by atoms with Crippen LogP contribution in [0.3, 0.4) is 0 Å². The van der Waals surface area contributed by atoms with E-state index in [0.29, 0.717) is 0 Å². The molecular formula is C15H9NOS. The predicted molar refractivity (Wildman–Crippen MR) is 75.0 cm³/mol. The number of thiophene rings is 1. The molecule has 0 radical (unpaired) electrons. The maximum absolute atomic E-state index is 12.5. The third-order valence-corrected chi connectivity index (χ3v) is 4.49. The molecule has 0 bridgehead atoms. The lowest BCUT2D eigenvalue weighted by atomic mass is 9.90. The average Bonchev–Trinajstić information content (AvgIpc) is 2.79. The van der Waals surface area contributed by atoms with Crippen molar-refractivity contribution in [2.45, 2.75) is 0 Å². The Labute approximate surface area is 108 Å². The molecular weight excluding hydrogens is 242 g/mol. The van der Waals surface area contributed by atoms with Gasteiger partial charge in [-0.05, 0) is 12.1 Å². The number of benzene rings is 1. The molecule has 2 heterocycles. The zero-order valence-electron chi connectivity index (χ0n) is 9.46. The van der Waals surface area contributed by atoms with Gasteiger partial charge in [0.2, 0.25) is 0 Å². The number of nitrogens with zero attached hydrogens (tertiary/aromatic N) is 1. The van der Waals surface area contributed by atoms with Crippen molar-refractivity contribution in [2.75, 3.05) is 0 Å². The molecule has 0 saturated carbocycles. The summed E-state index contributed by atoms with van der Waals surface area (Å²) in [6, 6.07) is 8.06. The molecule has 1 aliphatic carbocycles. The number of hydrogen-bond acceptors (Lipinski definition) is 3. The van der Waals surface area contributed by atoms with Gasteiger partial charge >= 0.3 is 0 Å². The molecule has 1 unspecified atom stereocenters. The van der Waals surface area contributed by atoms with Gasteiger partial charge in [-0.25, -0.2) is 0 Å². The van der Waals surface area contributed by atoms with Gasteiger partial charge in [-0.15, -0.1) is 11.3 Å². The van der Waals surface area contributed by atoms with E-state index in [-0.39, 0.29) is 11.7 Å². The van der Waals surface area contributed by atoms with Crippen LogP contribution in [0.15, 0.2) is 53.6 Å². The molecule has 2 nitrogen and oxygen atoms in total. The Kier molecular flexibility index (Phi) is 1.94. The second-order valence-electron chi connectivity index (χ2n) is 4.40. The Bertz CT molecular complexity index is 764. The fourth-order valence-electron chi connectivity index (χ4n) is 2.44. The van der Waals surface area contributed by atoms with Gasteiger partial charge < -0.3 is 0 Å². The Morgan fingerprint density at radius 1 is 1.17 bits per heavy atom. The number of allylic oxidation sites excluding steroid dienone is 4. The minimum absolute atomic E-state index is 0.178. The molecule has 18 heavy (non-hydrogen) atoms. The van der Waals surface area contributed by atoms with Crippen molar-refractivity contribution < 1.29 is 4.79 Å². The molecule has 2 aliphatic rings. The fourth-order valence-corrected chi connectivity index (χ4v) is 3.56. The molecule has 0 fully saturated rings. The number of carbonyl (C=O) groups excluding carboxylic acids is 1. The number of carbonyl (C=O) groups is 1. The number of ketones is 1. The van der Waals surface area contributed by atoms with Gasteiger partial charge in [0, 0.05) is 10.1 Å². The van der Waals surface area contributed by atoms with Crippen LogP contribution in [0.5, 0.6) is 0 Å². The van der Waals surface area contributed by atoms with E-state index in [1.807, 2.05) is 48.6 Å². The summed E-state index contributed by atoms with van der Waals surface area (Å²) >= 11 is 1.55. The highest BCUT2D eigenvalue weighted by atomic mass is 32.1. The first kappa shape index (κ1) is 9.97. The maximum Gasteiger partial charge on any atom is 0.187 e. The Morgan fingerprint density at radius 2 is 2.06 bits per heavy atom. The molecule has 0 saturated heterocycles. The van der Waals surface area contributed by atoms with Crippen molar-refractivity contribution in [2.24, 2.45) is 10.9 Å². The summed E-state index contributed by atoms with van der Waals surface area (Å²) in [6.45, 7) is 0. The highest BCUT2D eigenvalue weighted by molar-refractivity contribution is 7.21. The summed E-state index contributed by atoms with van der Waals surface area (Å²) in [5.41, 5.74) is 1.71.